The van der Waals surface area contributed by atoms with Crippen LogP contribution in [0.2, 0.25) is 0 Å². The highest BCUT2D eigenvalue weighted by Crippen LogP contribution is 2.20. The maximum atomic E-state index is 11.8. The normalized spacial score (nSPS) is 10.7. The third-order valence-corrected chi connectivity index (χ3v) is 3.39. The van der Waals surface area contributed by atoms with Crippen LogP contribution in [0.15, 0.2) is 39.9 Å². The van der Waals surface area contributed by atoms with Gasteiger partial charge in [0.05, 0.1) is 6.54 Å². The van der Waals surface area contributed by atoms with Gasteiger partial charge in [-0.1, -0.05) is 6.07 Å². The van der Waals surface area contributed by atoms with Crippen LogP contribution in [0.1, 0.15) is 12.5 Å². The zero-order chi connectivity index (χ0) is 12.4. The fourth-order valence-corrected chi connectivity index (χ4v) is 1.95. The molecule has 2 rings (SSSR count). The lowest BCUT2D eigenvalue weighted by molar-refractivity contribution is 0.668. The summed E-state index contributed by atoms with van der Waals surface area (Å²) in [6.45, 7) is 3.18. The summed E-state index contributed by atoms with van der Waals surface area (Å²) in [7, 11) is 0. The number of nitrogens with zero attached hydrogens (tertiary/aromatic N) is 2. The van der Waals surface area contributed by atoms with E-state index in [1.807, 2.05) is 25.1 Å². The Morgan fingerprint density at radius 1 is 1.29 bits per heavy atom. The van der Waals surface area contributed by atoms with Crippen molar-refractivity contribution in [2.45, 2.75) is 20.0 Å². The van der Waals surface area contributed by atoms with Gasteiger partial charge in [0.2, 0.25) is 0 Å². The molecule has 0 fully saturated rings. The maximum Gasteiger partial charge on any atom is 0.328 e. The molecule has 0 saturated heterocycles. The number of nitrogens with two attached hydrogens (primary N) is 1. The minimum Gasteiger partial charge on any atom is -0.398 e. The first kappa shape index (κ1) is 12.0. The molecule has 0 atom stereocenters. The van der Waals surface area contributed by atoms with Gasteiger partial charge in [-0.3, -0.25) is 9.13 Å². The molecule has 1 heterocycles. The van der Waals surface area contributed by atoms with Gasteiger partial charge in [0.1, 0.15) is 0 Å². The van der Waals surface area contributed by atoms with Crippen molar-refractivity contribution in [3.05, 3.63) is 51.1 Å². The van der Waals surface area contributed by atoms with Crippen molar-refractivity contribution in [2.75, 3.05) is 5.73 Å². The van der Waals surface area contributed by atoms with Crippen molar-refractivity contribution in [1.82, 2.24) is 9.13 Å². The third kappa shape index (κ3) is 2.44. The summed E-state index contributed by atoms with van der Waals surface area (Å²) >= 11 is 3.35. The number of aryl methyl sites for hydroxylation is 1. The molecule has 0 spiro atoms. The van der Waals surface area contributed by atoms with Gasteiger partial charge in [0, 0.05) is 29.1 Å². The highest BCUT2D eigenvalue weighted by atomic mass is 79.9. The molecule has 2 aromatic rings. The van der Waals surface area contributed by atoms with Crippen molar-refractivity contribution in [3.63, 3.8) is 0 Å². The van der Waals surface area contributed by atoms with E-state index >= 15 is 0 Å². The van der Waals surface area contributed by atoms with E-state index in [1.165, 1.54) is 0 Å². The average molecular weight is 296 g/mol. The molecule has 1 aromatic carbocycles. The molecular formula is C12H14BrN3O. The highest BCUT2D eigenvalue weighted by Gasteiger charge is 2.03. The summed E-state index contributed by atoms with van der Waals surface area (Å²) in [4.78, 5) is 11.8. The van der Waals surface area contributed by atoms with Crippen molar-refractivity contribution < 1.29 is 0 Å². The summed E-state index contributed by atoms with van der Waals surface area (Å²) in [6.07, 6.45) is 3.59. The first-order chi connectivity index (χ1) is 8.11. The second kappa shape index (κ2) is 4.79. The van der Waals surface area contributed by atoms with Gasteiger partial charge in [0.25, 0.3) is 0 Å². The number of rotatable bonds is 3. The maximum absolute atomic E-state index is 11.8. The van der Waals surface area contributed by atoms with Crippen LogP contribution in [-0.4, -0.2) is 9.13 Å². The number of nitrogen functional groups attached to an aromatic ring is 1. The van der Waals surface area contributed by atoms with Crippen molar-refractivity contribution in [2.24, 2.45) is 0 Å². The van der Waals surface area contributed by atoms with E-state index in [2.05, 4.69) is 15.9 Å². The van der Waals surface area contributed by atoms with Crippen LogP contribution < -0.4 is 11.4 Å². The quantitative estimate of drug-likeness (QED) is 0.881. The summed E-state index contributed by atoms with van der Waals surface area (Å²) in [6, 6.07) is 5.72. The van der Waals surface area contributed by atoms with Gasteiger partial charge in [0.15, 0.2) is 0 Å². The number of hydrogen-bond donors (Lipinski definition) is 1. The molecule has 0 bridgehead atoms. The van der Waals surface area contributed by atoms with Crippen LogP contribution in [0.5, 0.6) is 0 Å². The molecule has 0 unspecified atom stereocenters. The Hall–Kier alpha value is -1.49. The van der Waals surface area contributed by atoms with Gasteiger partial charge < -0.3 is 5.73 Å². The Kier molecular flexibility index (Phi) is 3.38. The lowest BCUT2D eigenvalue weighted by Crippen LogP contribution is -2.23. The molecule has 5 heteroatoms. The SMILES string of the molecule is CCn1ccn(Cc2ccc(Br)c(N)c2)c1=O. The van der Waals surface area contributed by atoms with E-state index in [4.69, 9.17) is 5.73 Å². The predicted molar refractivity (Wildman–Crippen MR) is 72.0 cm³/mol. The Morgan fingerprint density at radius 2 is 2.00 bits per heavy atom. The molecule has 17 heavy (non-hydrogen) atoms. The van der Waals surface area contributed by atoms with Crippen LogP contribution in [-0.2, 0) is 13.1 Å². The Balaban J connectivity index is 2.28. The first-order valence-electron chi connectivity index (χ1n) is 5.41. The standard InChI is InChI=1S/C12H14BrN3O/c1-2-15-5-6-16(12(15)17)8-9-3-4-10(13)11(14)7-9/h3-7H,2,8,14H2,1H3. The van der Waals surface area contributed by atoms with E-state index in [0.29, 0.717) is 18.8 Å². The smallest absolute Gasteiger partial charge is 0.328 e. The average Bonchev–Trinajstić information content (AvgIpc) is 2.65. The number of anilines is 1. The summed E-state index contributed by atoms with van der Waals surface area (Å²) < 4.78 is 4.22. The second-order valence-electron chi connectivity index (χ2n) is 3.85. The van der Waals surface area contributed by atoms with Crippen LogP contribution in [0.4, 0.5) is 5.69 Å². The largest absolute Gasteiger partial charge is 0.398 e. The zero-order valence-corrected chi connectivity index (χ0v) is 11.1. The Labute approximate surface area is 108 Å². The van der Waals surface area contributed by atoms with Crippen molar-refractivity contribution >= 4 is 21.6 Å². The lowest BCUT2D eigenvalue weighted by atomic mass is 10.2. The van der Waals surface area contributed by atoms with Gasteiger partial charge >= 0.3 is 5.69 Å². The topological polar surface area (TPSA) is 52.9 Å². The third-order valence-electron chi connectivity index (χ3n) is 2.67. The molecule has 1 aromatic heterocycles. The van der Waals surface area contributed by atoms with E-state index in [0.717, 1.165) is 10.0 Å². The van der Waals surface area contributed by atoms with Crippen LogP contribution in [0.25, 0.3) is 0 Å². The first-order valence-corrected chi connectivity index (χ1v) is 6.20. The van der Waals surface area contributed by atoms with Crippen molar-refractivity contribution in [1.29, 1.82) is 0 Å². The molecule has 2 N–H and O–H groups in total. The Bertz CT molecular complexity index is 586. The summed E-state index contributed by atoms with van der Waals surface area (Å²) in [5, 5.41) is 0. The molecule has 0 aliphatic heterocycles. The van der Waals surface area contributed by atoms with Gasteiger partial charge in [-0.15, -0.1) is 0 Å². The van der Waals surface area contributed by atoms with Gasteiger partial charge in [-0.05, 0) is 40.5 Å². The molecule has 4 nitrogen and oxygen atoms in total. The van der Waals surface area contributed by atoms with Gasteiger partial charge in [-0.2, -0.15) is 0 Å². The fraction of sp³-hybridized carbons (Fsp3) is 0.250. The predicted octanol–water partition coefficient (Wildman–Crippen LogP) is 2.06. The fourth-order valence-electron chi connectivity index (χ4n) is 1.70. The molecule has 0 aliphatic rings. The van der Waals surface area contributed by atoms with E-state index in [9.17, 15) is 4.79 Å². The zero-order valence-electron chi connectivity index (χ0n) is 9.56. The molecule has 90 valence electrons. The second-order valence-corrected chi connectivity index (χ2v) is 4.70. The van der Waals surface area contributed by atoms with Gasteiger partial charge in [-0.25, -0.2) is 4.79 Å². The monoisotopic (exact) mass is 295 g/mol. The number of imidazole rings is 1. The number of hydrogen-bond acceptors (Lipinski definition) is 2. The molecule has 0 saturated carbocycles. The van der Waals surface area contributed by atoms with Crippen LogP contribution in [0, 0.1) is 0 Å². The highest BCUT2D eigenvalue weighted by molar-refractivity contribution is 9.10. The summed E-state index contributed by atoms with van der Waals surface area (Å²) in [5.41, 5.74) is 7.51. The molecule has 0 radical (unpaired) electrons. The van der Waals surface area contributed by atoms with E-state index < -0.39 is 0 Å². The van der Waals surface area contributed by atoms with Crippen LogP contribution in [0.3, 0.4) is 0 Å². The minimum absolute atomic E-state index is 0.00832. The number of halogens is 1. The minimum atomic E-state index is 0.00832. The van der Waals surface area contributed by atoms with Crippen LogP contribution >= 0.6 is 15.9 Å². The lowest BCUT2D eigenvalue weighted by Gasteiger charge is -2.04. The Morgan fingerprint density at radius 3 is 2.59 bits per heavy atom. The van der Waals surface area contributed by atoms with E-state index in [1.54, 1.807) is 21.5 Å². The summed E-state index contributed by atoms with van der Waals surface area (Å²) in [5.74, 6) is 0. The molecule has 0 aliphatic carbocycles. The molecular weight excluding hydrogens is 282 g/mol. The van der Waals surface area contributed by atoms with E-state index in [-0.39, 0.29) is 5.69 Å². The number of benzene rings is 1. The molecule has 0 amide bonds. The van der Waals surface area contributed by atoms with Crippen molar-refractivity contribution in [3.8, 4) is 0 Å². The number of aromatic nitrogens is 2.